The molecule has 1 atom stereocenters. The quantitative estimate of drug-likeness (QED) is 0.661. The Hall–Kier alpha value is -2.03. The lowest BCUT2D eigenvalue weighted by Crippen LogP contribution is -2.47. The lowest BCUT2D eigenvalue weighted by atomic mass is 9.92. The highest BCUT2D eigenvalue weighted by Gasteiger charge is 2.31. The zero-order valence-corrected chi connectivity index (χ0v) is 8.68. The zero-order chi connectivity index (χ0) is 12.2. The van der Waals surface area contributed by atoms with Crippen molar-refractivity contribution in [3.8, 4) is 5.75 Å². The van der Waals surface area contributed by atoms with E-state index in [1.165, 1.54) is 18.2 Å². The molecule has 1 rings (SSSR count). The van der Waals surface area contributed by atoms with Crippen molar-refractivity contribution in [1.82, 2.24) is 0 Å². The summed E-state index contributed by atoms with van der Waals surface area (Å²) in [7, 11) is 0. The molecule has 0 spiro atoms. The van der Waals surface area contributed by atoms with Crippen LogP contribution in [0, 0.1) is 0 Å². The molecule has 16 heavy (non-hydrogen) atoms. The predicted octanol–water partition coefficient (Wildman–Crippen LogP) is 1.06. The van der Waals surface area contributed by atoms with Crippen molar-refractivity contribution in [2.75, 3.05) is 0 Å². The number of aromatic hydroxyl groups is 1. The summed E-state index contributed by atoms with van der Waals surface area (Å²) in [4.78, 5) is 11.0. The molecule has 0 heterocycles. The van der Waals surface area contributed by atoms with Crippen molar-refractivity contribution >= 4 is 5.97 Å². The van der Waals surface area contributed by atoms with Crippen LogP contribution in [0.4, 0.5) is 0 Å². The Kier molecular flexibility index (Phi) is 3.51. The fourth-order valence-corrected chi connectivity index (χ4v) is 1.37. The normalized spacial score (nSPS) is 13.6. The number of phenolic OH excluding ortho intramolecular Hbond substituents is 1. The summed E-state index contributed by atoms with van der Waals surface area (Å²) in [5.74, 6) is -1.08. The zero-order valence-electron chi connectivity index (χ0n) is 8.68. The molecular formula is C12H13NO3. The Balaban J connectivity index is 3.01. The minimum absolute atomic E-state index is 0.0687. The van der Waals surface area contributed by atoms with Crippen LogP contribution < -0.4 is 5.73 Å². The van der Waals surface area contributed by atoms with Gasteiger partial charge in [-0.1, -0.05) is 18.7 Å². The standard InChI is InChI=1S/C12H13NO3/c1-2-6-12(13,11(15)16)8-9-4-3-5-10(14)7-9/h3-7,14H,1,8,13H2,(H,15,16). The Morgan fingerprint density at radius 2 is 2.31 bits per heavy atom. The van der Waals surface area contributed by atoms with Crippen molar-refractivity contribution < 1.29 is 15.0 Å². The maximum absolute atomic E-state index is 11.0. The number of carboxylic acids is 1. The van der Waals surface area contributed by atoms with E-state index >= 15 is 0 Å². The van der Waals surface area contributed by atoms with Crippen molar-refractivity contribution in [3.05, 3.63) is 48.2 Å². The Bertz CT molecular complexity index is 445. The van der Waals surface area contributed by atoms with E-state index in [2.05, 4.69) is 12.3 Å². The predicted molar refractivity (Wildman–Crippen MR) is 60.1 cm³/mol. The van der Waals surface area contributed by atoms with Crippen LogP contribution in [-0.4, -0.2) is 21.7 Å². The first kappa shape index (κ1) is 12.0. The van der Waals surface area contributed by atoms with Gasteiger partial charge in [0.15, 0.2) is 0 Å². The van der Waals surface area contributed by atoms with Crippen molar-refractivity contribution in [2.45, 2.75) is 12.0 Å². The first-order valence-corrected chi connectivity index (χ1v) is 4.65. The van der Waals surface area contributed by atoms with E-state index in [0.717, 1.165) is 0 Å². The summed E-state index contributed by atoms with van der Waals surface area (Å²) in [5.41, 5.74) is 7.16. The molecule has 0 aliphatic carbocycles. The maximum Gasteiger partial charge on any atom is 0.328 e. The molecule has 0 fully saturated rings. The van der Waals surface area contributed by atoms with Gasteiger partial charge in [-0.3, -0.25) is 0 Å². The summed E-state index contributed by atoms with van der Waals surface area (Å²) in [6.07, 6.45) is 1.28. The van der Waals surface area contributed by atoms with Gasteiger partial charge >= 0.3 is 5.97 Å². The summed E-state index contributed by atoms with van der Waals surface area (Å²) in [5, 5.41) is 18.3. The second-order valence-corrected chi connectivity index (χ2v) is 3.54. The number of nitrogens with two attached hydrogens (primary N) is 1. The van der Waals surface area contributed by atoms with Crippen LogP contribution in [0.15, 0.2) is 42.7 Å². The number of benzene rings is 1. The van der Waals surface area contributed by atoms with Crippen LogP contribution in [0.5, 0.6) is 5.75 Å². The first-order valence-electron chi connectivity index (χ1n) is 4.65. The van der Waals surface area contributed by atoms with Gasteiger partial charge in [-0.05, 0) is 23.8 Å². The van der Waals surface area contributed by atoms with E-state index in [1.54, 1.807) is 12.1 Å². The summed E-state index contributed by atoms with van der Waals surface area (Å²) in [6, 6.07) is 6.30. The molecule has 4 nitrogen and oxygen atoms in total. The number of phenols is 1. The molecule has 0 amide bonds. The molecule has 0 bridgehead atoms. The largest absolute Gasteiger partial charge is 0.508 e. The molecule has 1 unspecified atom stereocenters. The van der Waals surface area contributed by atoms with Gasteiger partial charge in [-0.15, -0.1) is 5.73 Å². The molecule has 1 aromatic rings. The van der Waals surface area contributed by atoms with E-state index in [4.69, 9.17) is 10.8 Å². The Morgan fingerprint density at radius 3 is 2.81 bits per heavy atom. The van der Waals surface area contributed by atoms with E-state index in [-0.39, 0.29) is 12.2 Å². The van der Waals surface area contributed by atoms with Gasteiger partial charge in [0.2, 0.25) is 0 Å². The van der Waals surface area contributed by atoms with Crippen LogP contribution in [-0.2, 0) is 11.2 Å². The number of hydrogen-bond acceptors (Lipinski definition) is 3. The van der Waals surface area contributed by atoms with E-state index < -0.39 is 11.5 Å². The minimum Gasteiger partial charge on any atom is -0.508 e. The van der Waals surface area contributed by atoms with Crippen LogP contribution in [0.25, 0.3) is 0 Å². The molecule has 0 aliphatic rings. The molecule has 1 aromatic carbocycles. The van der Waals surface area contributed by atoms with E-state index in [1.807, 2.05) is 0 Å². The lowest BCUT2D eigenvalue weighted by molar-refractivity contribution is -0.141. The molecule has 0 aromatic heterocycles. The van der Waals surface area contributed by atoms with Gasteiger partial charge in [-0.25, -0.2) is 4.79 Å². The SMILES string of the molecule is C=C=CC(N)(Cc1cccc(O)c1)C(=O)O. The molecule has 84 valence electrons. The maximum atomic E-state index is 11.0. The van der Waals surface area contributed by atoms with Gasteiger partial charge in [0.05, 0.1) is 0 Å². The van der Waals surface area contributed by atoms with E-state index in [9.17, 15) is 9.90 Å². The second-order valence-electron chi connectivity index (χ2n) is 3.54. The number of aliphatic carboxylic acids is 1. The minimum atomic E-state index is -1.55. The average molecular weight is 219 g/mol. The lowest BCUT2D eigenvalue weighted by Gasteiger charge is -2.19. The molecule has 0 saturated heterocycles. The van der Waals surface area contributed by atoms with Crippen LogP contribution >= 0.6 is 0 Å². The van der Waals surface area contributed by atoms with Gasteiger partial charge < -0.3 is 15.9 Å². The summed E-state index contributed by atoms with van der Waals surface area (Å²) >= 11 is 0. The van der Waals surface area contributed by atoms with E-state index in [0.29, 0.717) is 5.56 Å². The highest BCUT2D eigenvalue weighted by Crippen LogP contribution is 2.17. The fraction of sp³-hybridized carbons (Fsp3) is 0.167. The Morgan fingerprint density at radius 1 is 1.62 bits per heavy atom. The van der Waals surface area contributed by atoms with Gasteiger partial charge in [0.1, 0.15) is 11.3 Å². The number of hydrogen-bond donors (Lipinski definition) is 3. The van der Waals surface area contributed by atoms with Crippen molar-refractivity contribution in [1.29, 1.82) is 0 Å². The molecular weight excluding hydrogens is 206 g/mol. The second kappa shape index (κ2) is 4.66. The summed E-state index contributed by atoms with van der Waals surface area (Å²) < 4.78 is 0. The molecule has 0 radical (unpaired) electrons. The third-order valence-electron chi connectivity index (χ3n) is 2.17. The first-order chi connectivity index (χ1) is 7.48. The van der Waals surface area contributed by atoms with Gasteiger partial charge in [0, 0.05) is 6.42 Å². The third-order valence-corrected chi connectivity index (χ3v) is 2.17. The van der Waals surface area contributed by atoms with Crippen molar-refractivity contribution in [3.63, 3.8) is 0 Å². The number of rotatable bonds is 4. The number of carbonyl (C=O) groups is 1. The van der Waals surface area contributed by atoms with Gasteiger partial charge in [-0.2, -0.15) is 0 Å². The van der Waals surface area contributed by atoms with Crippen molar-refractivity contribution in [2.24, 2.45) is 5.73 Å². The fourth-order valence-electron chi connectivity index (χ4n) is 1.37. The van der Waals surface area contributed by atoms with Crippen LogP contribution in [0.3, 0.4) is 0 Å². The van der Waals surface area contributed by atoms with Crippen LogP contribution in [0.1, 0.15) is 5.56 Å². The topological polar surface area (TPSA) is 83.5 Å². The average Bonchev–Trinajstić information content (AvgIpc) is 2.17. The highest BCUT2D eigenvalue weighted by molar-refractivity contribution is 5.81. The molecule has 0 saturated carbocycles. The third kappa shape index (κ3) is 2.73. The molecule has 0 aliphatic heterocycles. The monoisotopic (exact) mass is 219 g/mol. The summed E-state index contributed by atoms with van der Waals surface area (Å²) in [6.45, 7) is 3.31. The highest BCUT2D eigenvalue weighted by atomic mass is 16.4. The molecule has 4 heteroatoms. The Labute approximate surface area is 93.3 Å². The smallest absolute Gasteiger partial charge is 0.328 e. The molecule has 4 N–H and O–H groups in total. The van der Waals surface area contributed by atoms with Crippen LogP contribution in [0.2, 0.25) is 0 Å². The number of carboxylic acid groups (broad SMARTS) is 1. The van der Waals surface area contributed by atoms with Gasteiger partial charge in [0.25, 0.3) is 0 Å².